The lowest BCUT2D eigenvalue weighted by atomic mass is 10.1. The monoisotopic (exact) mass is 260 g/mol. The molecule has 2 heterocycles. The summed E-state index contributed by atoms with van der Waals surface area (Å²) in [4.78, 5) is 11.0. The number of aryl methyl sites for hydroxylation is 1. The summed E-state index contributed by atoms with van der Waals surface area (Å²) in [6.07, 6.45) is 2.25. The zero-order valence-electron chi connectivity index (χ0n) is 11.5. The number of hydrogen-bond acceptors (Lipinski definition) is 6. The highest BCUT2D eigenvalue weighted by Crippen LogP contribution is 2.16. The number of rotatable bonds is 4. The summed E-state index contributed by atoms with van der Waals surface area (Å²) >= 11 is 0. The van der Waals surface area contributed by atoms with E-state index >= 15 is 0 Å². The van der Waals surface area contributed by atoms with Crippen molar-refractivity contribution < 1.29 is 0 Å². The van der Waals surface area contributed by atoms with Crippen LogP contribution in [0.2, 0.25) is 0 Å². The fourth-order valence-corrected chi connectivity index (χ4v) is 2.22. The molecular weight excluding hydrogens is 240 g/mol. The Labute approximate surface area is 113 Å². The number of anilines is 2. The van der Waals surface area contributed by atoms with Crippen LogP contribution in [0.25, 0.3) is 0 Å². The predicted molar refractivity (Wildman–Crippen MR) is 75.0 cm³/mol. The van der Waals surface area contributed by atoms with Crippen molar-refractivity contribution in [3.05, 3.63) is 11.9 Å². The second-order valence-electron chi connectivity index (χ2n) is 4.92. The molecule has 0 amide bonds. The van der Waals surface area contributed by atoms with Gasteiger partial charge in [0, 0.05) is 12.1 Å². The van der Waals surface area contributed by atoms with Crippen LogP contribution in [0.1, 0.15) is 18.7 Å². The molecular formula is C13H20N6. The van der Waals surface area contributed by atoms with Crippen molar-refractivity contribution in [2.75, 3.05) is 37.3 Å². The van der Waals surface area contributed by atoms with Gasteiger partial charge < -0.3 is 15.5 Å². The fraction of sp³-hybridized carbons (Fsp3) is 0.615. The zero-order valence-corrected chi connectivity index (χ0v) is 11.5. The summed E-state index contributed by atoms with van der Waals surface area (Å²) in [6, 6.07) is 4.37. The molecule has 0 saturated carbocycles. The number of hydrogen-bond donors (Lipinski definition) is 2. The van der Waals surface area contributed by atoms with E-state index in [4.69, 9.17) is 5.26 Å². The van der Waals surface area contributed by atoms with Crippen LogP contribution in [0.5, 0.6) is 0 Å². The van der Waals surface area contributed by atoms with E-state index in [0.717, 1.165) is 31.7 Å². The van der Waals surface area contributed by atoms with Crippen LogP contribution in [0.3, 0.4) is 0 Å². The molecule has 0 spiro atoms. The smallest absolute Gasteiger partial charge is 0.132 e. The number of nitrogens with zero attached hydrogens (tertiary/aromatic N) is 4. The zero-order chi connectivity index (χ0) is 13.7. The summed E-state index contributed by atoms with van der Waals surface area (Å²) in [5.74, 6) is 2.24. The summed E-state index contributed by atoms with van der Waals surface area (Å²) in [7, 11) is 2.15. The normalized spacial score (nSPS) is 16.9. The molecule has 0 atom stereocenters. The third-order valence-electron chi connectivity index (χ3n) is 3.26. The molecule has 2 N–H and O–H groups in total. The van der Waals surface area contributed by atoms with Gasteiger partial charge in [-0.15, -0.1) is 0 Å². The lowest BCUT2D eigenvalue weighted by Gasteiger charge is -2.29. The van der Waals surface area contributed by atoms with Crippen LogP contribution in [0, 0.1) is 18.3 Å². The van der Waals surface area contributed by atoms with Gasteiger partial charge in [-0.05, 0) is 39.9 Å². The van der Waals surface area contributed by atoms with Gasteiger partial charge in [-0.3, -0.25) is 0 Å². The molecule has 0 bridgehead atoms. The lowest BCUT2D eigenvalue weighted by molar-refractivity contribution is 0.263. The van der Waals surface area contributed by atoms with Gasteiger partial charge in [0.1, 0.15) is 24.0 Å². The molecule has 1 fully saturated rings. The topological polar surface area (TPSA) is 76.9 Å². The first kappa shape index (κ1) is 13.6. The molecule has 1 aliphatic heterocycles. The van der Waals surface area contributed by atoms with Gasteiger partial charge in [-0.2, -0.15) is 5.26 Å². The Bertz CT molecular complexity index is 459. The largest absolute Gasteiger partial charge is 0.367 e. The molecule has 19 heavy (non-hydrogen) atoms. The molecule has 0 unspecified atom stereocenters. The summed E-state index contributed by atoms with van der Waals surface area (Å²) < 4.78 is 0. The standard InChI is InChI=1S/C13H20N6/c1-10-16-12(15-6-5-14)9-13(17-10)18-11-3-7-19(2)8-4-11/h9,11H,3-4,6-8H2,1-2H3,(H2,15,16,17,18). The third-order valence-corrected chi connectivity index (χ3v) is 3.26. The van der Waals surface area contributed by atoms with Gasteiger partial charge in [0.15, 0.2) is 0 Å². The molecule has 0 aliphatic carbocycles. The van der Waals surface area contributed by atoms with E-state index in [1.165, 1.54) is 0 Å². The maximum Gasteiger partial charge on any atom is 0.132 e. The highest BCUT2D eigenvalue weighted by molar-refractivity contribution is 5.48. The summed E-state index contributed by atoms with van der Waals surface area (Å²) in [5, 5.41) is 15.0. The molecule has 1 aromatic rings. The first-order valence-electron chi connectivity index (χ1n) is 6.59. The van der Waals surface area contributed by atoms with Gasteiger partial charge in [0.25, 0.3) is 0 Å². The number of nitriles is 1. The predicted octanol–water partition coefficient (Wildman–Crippen LogP) is 1.23. The van der Waals surface area contributed by atoms with E-state index in [9.17, 15) is 0 Å². The summed E-state index contributed by atoms with van der Waals surface area (Å²) in [5.41, 5.74) is 0. The lowest BCUT2D eigenvalue weighted by Crippen LogP contribution is -2.36. The van der Waals surface area contributed by atoms with Crippen molar-refractivity contribution in [1.82, 2.24) is 14.9 Å². The van der Waals surface area contributed by atoms with Gasteiger partial charge in [-0.25, -0.2) is 9.97 Å². The SMILES string of the molecule is Cc1nc(NCC#N)cc(NC2CCN(C)CC2)n1. The number of piperidine rings is 1. The maximum absolute atomic E-state index is 8.58. The van der Waals surface area contributed by atoms with Crippen LogP contribution in [-0.2, 0) is 0 Å². The molecule has 1 saturated heterocycles. The Morgan fingerprint density at radius 1 is 1.37 bits per heavy atom. The average Bonchev–Trinajstić information content (AvgIpc) is 2.38. The van der Waals surface area contributed by atoms with Crippen LogP contribution in [0.4, 0.5) is 11.6 Å². The van der Waals surface area contributed by atoms with E-state index < -0.39 is 0 Å². The minimum atomic E-state index is 0.254. The average molecular weight is 260 g/mol. The van der Waals surface area contributed by atoms with Crippen molar-refractivity contribution in [1.29, 1.82) is 5.26 Å². The first-order chi connectivity index (χ1) is 9.17. The minimum Gasteiger partial charge on any atom is -0.367 e. The highest BCUT2D eigenvalue weighted by Gasteiger charge is 2.17. The first-order valence-corrected chi connectivity index (χ1v) is 6.59. The Balaban J connectivity index is 1.99. The Morgan fingerprint density at radius 2 is 2.05 bits per heavy atom. The van der Waals surface area contributed by atoms with Crippen molar-refractivity contribution >= 4 is 11.6 Å². The molecule has 0 radical (unpaired) electrons. The Morgan fingerprint density at radius 3 is 2.74 bits per heavy atom. The number of nitrogens with one attached hydrogen (secondary N) is 2. The molecule has 6 nitrogen and oxygen atoms in total. The van der Waals surface area contributed by atoms with E-state index in [1.54, 1.807) is 0 Å². The van der Waals surface area contributed by atoms with Crippen molar-refractivity contribution in [2.45, 2.75) is 25.8 Å². The van der Waals surface area contributed by atoms with Crippen LogP contribution >= 0.6 is 0 Å². The molecule has 6 heteroatoms. The van der Waals surface area contributed by atoms with E-state index in [0.29, 0.717) is 17.7 Å². The number of aromatic nitrogens is 2. The second-order valence-corrected chi connectivity index (χ2v) is 4.92. The number of likely N-dealkylation sites (tertiary alicyclic amines) is 1. The van der Waals surface area contributed by atoms with Crippen molar-refractivity contribution in [3.8, 4) is 6.07 Å². The van der Waals surface area contributed by atoms with Crippen molar-refractivity contribution in [2.24, 2.45) is 0 Å². The van der Waals surface area contributed by atoms with Gasteiger partial charge >= 0.3 is 0 Å². The maximum atomic E-state index is 8.58. The minimum absolute atomic E-state index is 0.254. The van der Waals surface area contributed by atoms with E-state index in [2.05, 4.69) is 32.5 Å². The Hall–Kier alpha value is -1.87. The van der Waals surface area contributed by atoms with Gasteiger partial charge in [-0.1, -0.05) is 0 Å². The fourth-order valence-electron chi connectivity index (χ4n) is 2.22. The quantitative estimate of drug-likeness (QED) is 0.793. The molecule has 2 rings (SSSR count). The second kappa shape index (κ2) is 6.34. The molecule has 1 aliphatic rings. The van der Waals surface area contributed by atoms with Gasteiger partial charge in [0.05, 0.1) is 6.07 Å². The van der Waals surface area contributed by atoms with Crippen molar-refractivity contribution in [3.63, 3.8) is 0 Å². The van der Waals surface area contributed by atoms with Crippen LogP contribution in [0.15, 0.2) is 6.07 Å². The molecule has 1 aromatic heterocycles. The Kier molecular flexibility index (Phi) is 4.53. The third kappa shape index (κ3) is 4.07. The van der Waals surface area contributed by atoms with Crippen LogP contribution < -0.4 is 10.6 Å². The molecule has 102 valence electrons. The van der Waals surface area contributed by atoms with E-state index in [-0.39, 0.29) is 6.54 Å². The van der Waals surface area contributed by atoms with Crippen LogP contribution in [-0.4, -0.2) is 47.6 Å². The summed E-state index contributed by atoms with van der Waals surface area (Å²) in [6.45, 7) is 4.34. The highest BCUT2D eigenvalue weighted by atomic mass is 15.1. The molecule has 0 aromatic carbocycles. The van der Waals surface area contributed by atoms with E-state index in [1.807, 2.05) is 19.1 Å². The van der Waals surface area contributed by atoms with Gasteiger partial charge in [0.2, 0.25) is 0 Å².